The van der Waals surface area contributed by atoms with E-state index < -0.39 is 5.97 Å². The zero-order valence-electron chi connectivity index (χ0n) is 15.0. The summed E-state index contributed by atoms with van der Waals surface area (Å²) in [5.74, 6) is 1.42. The van der Waals surface area contributed by atoms with E-state index in [1.54, 1.807) is 13.8 Å². The van der Waals surface area contributed by atoms with Crippen LogP contribution in [-0.4, -0.2) is 58.8 Å². The molecule has 0 amide bonds. The smallest absolute Gasteiger partial charge is 0.361 e. The van der Waals surface area contributed by atoms with E-state index in [0.717, 1.165) is 32.1 Å². The lowest BCUT2D eigenvalue weighted by atomic mass is 9.99. The first-order chi connectivity index (χ1) is 12.1. The van der Waals surface area contributed by atoms with Crippen molar-refractivity contribution in [2.24, 2.45) is 5.92 Å². The number of carbonyl (C=O) groups is 1. The minimum Gasteiger partial charge on any atom is -0.461 e. The Bertz CT molecular complexity index is 737. The van der Waals surface area contributed by atoms with Gasteiger partial charge in [0.15, 0.2) is 0 Å². The molecule has 0 saturated carbocycles. The monoisotopic (exact) mass is 347 g/mol. The second kappa shape index (κ2) is 7.77. The summed E-state index contributed by atoms with van der Waals surface area (Å²) in [5, 5.41) is 7.61. The van der Waals surface area contributed by atoms with Crippen LogP contribution in [0.15, 0.2) is 4.52 Å². The largest absolute Gasteiger partial charge is 0.461 e. The predicted octanol–water partition coefficient (Wildman–Crippen LogP) is 2.25. The van der Waals surface area contributed by atoms with Gasteiger partial charge in [0, 0.05) is 13.1 Å². The summed E-state index contributed by atoms with van der Waals surface area (Å²) >= 11 is 0. The van der Waals surface area contributed by atoms with Crippen molar-refractivity contribution in [1.29, 1.82) is 0 Å². The Morgan fingerprint density at radius 1 is 1.36 bits per heavy atom. The van der Waals surface area contributed by atoms with Crippen molar-refractivity contribution in [2.75, 3.05) is 38.1 Å². The second-order valence-electron chi connectivity index (χ2n) is 6.50. The number of anilines is 1. The van der Waals surface area contributed by atoms with Gasteiger partial charge < -0.3 is 19.5 Å². The molecule has 0 atom stereocenters. The van der Waals surface area contributed by atoms with E-state index in [1.807, 2.05) is 0 Å². The third-order valence-corrected chi connectivity index (χ3v) is 4.51. The maximum atomic E-state index is 12.1. The molecule has 0 radical (unpaired) electrons. The molecule has 3 rings (SSSR count). The summed E-state index contributed by atoms with van der Waals surface area (Å²) in [6, 6.07) is 0. The average Bonchev–Trinajstić information content (AvgIpc) is 3.00. The van der Waals surface area contributed by atoms with E-state index in [-0.39, 0.29) is 12.3 Å². The van der Waals surface area contributed by atoms with Gasteiger partial charge in [-0.2, -0.15) is 4.98 Å². The number of likely N-dealkylation sites (tertiary alicyclic amines) is 1. The SMILES string of the molecule is CCOC(=O)c1noc2nc(C)nc(NCCN3CCC(C)CC3)c12. The number of piperidine rings is 1. The van der Waals surface area contributed by atoms with E-state index in [1.165, 1.54) is 12.8 Å². The number of carbonyl (C=O) groups excluding carboxylic acids is 1. The van der Waals surface area contributed by atoms with Crippen molar-refractivity contribution in [2.45, 2.75) is 33.6 Å². The van der Waals surface area contributed by atoms with Crippen LogP contribution in [0.1, 0.15) is 43.0 Å². The highest BCUT2D eigenvalue weighted by atomic mass is 16.5. The number of hydrogen-bond acceptors (Lipinski definition) is 8. The minimum absolute atomic E-state index is 0.117. The second-order valence-corrected chi connectivity index (χ2v) is 6.50. The van der Waals surface area contributed by atoms with Crippen LogP contribution >= 0.6 is 0 Å². The highest BCUT2D eigenvalue weighted by Gasteiger charge is 2.23. The molecule has 136 valence electrons. The first kappa shape index (κ1) is 17.6. The molecule has 0 unspecified atom stereocenters. The summed E-state index contributed by atoms with van der Waals surface area (Å²) < 4.78 is 10.2. The van der Waals surface area contributed by atoms with Crippen LogP contribution in [0.3, 0.4) is 0 Å². The number of rotatable bonds is 6. The molecule has 2 aromatic rings. The summed E-state index contributed by atoms with van der Waals surface area (Å²) in [6.45, 7) is 10.0. The third-order valence-electron chi connectivity index (χ3n) is 4.51. The number of nitrogens with zero attached hydrogens (tertiary/aromatic N) is 4. The van der Waals surface area contributed by atoms with Crippen molar-refractivity contribution >= 4 is 22.9 Å². The van der Waals surface area contributed by atoms with Gasteiger partial charge in [0.05, 0.1) is 6.61 Å². The van der Waals surface area contributed by atoms with Crippen molar-refractivity contribution in [3.8, 4) is 0 Å². The Hall–Kier alpha value is -2.22. The Labute approximate surface area is 146 Å². The topological polar surface area (TPSA) is 93.4 Å². The van der Waals surface area contributed by atoms with Crippen LogP contribution < -0.4 is 5.32 Å². The van der Waals surface area contributed by atoms with Gasteiger partial charge in [-0.05, 0) is 45.7 Å². The Kier molecular flexibility index (Phi) is 5.47. The van der Waals surface area contributed by atoms with Gasteiger partial charge in [-0.3, -0.25) is 0 Å². The fourth-order valence-electron chi connectivity index (χ4n) is 3.05. The molecule has 1 fully saturated rings. The number of fused-ring (bicyclic) bond motifs is 1. The molecule has 0 bridgehead atoms. The Balaban J connectivity index is 1.73. The van der Waals surface area contributed by atoms with Crippen molar-refractivity contribution in [3.63, 3.8) is 0 Å². The van der Waals surface area contributed by atoms with E-state index in [2.05, 4.69) is 32.3 Å². The van der Waals surface area contributed by atoms with Crippen LogP contribution in [0, 0.1) is 12.8 Å². The summed E-state index contributed by atoms with van der Waals surface area (Å²) in [4.78, 5) is 23.1. The molecule has 8 nitrogen and oxygen atoms in total. The molecule has 2 aromatic heterocycles. The molecule has 0 spiro atoms. The molecule has 25 heavy (non-hydrogen) atoms. The molecular formula is C17H25N5O3. The molecule has 8 heteroatoms. The molecule has 0 aliphatic carbocycles. The predicted molar refractivity (Wildman–Crippen MR) is 93.6 cm³/mol. The zero-order chi connectivity index (χ0) is 17.8. The molecule has 1 aliphatic rings. The number of aryl methyl sites for hydroxylation is 1. The summed E-state index contributed by atoms with van der Waals surface area (Å²) in [6.07, 6.45) is 2.49. The highest BCUT2D eigenvalue weighted by molar-refractivity contribution is 6.04. The fraction of sp³-hybridized carbons (Fsp3) is 0.647. The van der Waals surface area contributed by atoms with Crippen LogP contribution in [0.25, 0.3) is 11.1 Å². The van der Waals surface area contributed by atoms with Gasteiger partial charge in [-0.15, -0.1) is 0 Å². The van der Waals surface area contributed by atoms with Gasteiger partial charge in [0.1, 0.15) is 17.0 Å². The fourth-order valence-corrected chi connectivity index (χ4v) is 3.05. The zero-order valence-corrected chi connectivity index (χ0v) is 15.0. The number of aromatic nitrogens is 3. The van der Waals surface area contributed by atoms with Crippen molar-refractivity contribution in [3.05, 3.63) is 11.5 Å². The third kappa shape index (κ3) is 4.07. The first-order valence-corrected chi connectivity index (χ1v) is 8.85. The molecule has 3 heterocycles. The first-order valence-electron chi connectivity index (χ1n) is 8.85. The van der Waals surface area contributed by atoms with Crippen LogP contribution in [0.5, 0.6) is 0 Å². The molecule has 0 aromatic carbocycles. The highest BCUT2D eigenvalue weighted by Crippen LogP contribution is 2.25. The Morgan fingerprint density at radius 3 is 2.84 bits per heavy atom. The minimum atomic E-state index is -0.526. The summed E-state index contributed by atoms with van der Waals surface area (Å²) in [5.41, 5.74) is 0.413. The van der Waals surface area contributed by atoms with Gasteiger partial charge in [0.2, 0.25) is 5.69 Å². The number of ether oxygens (including phenoxy) is 1. The standard InChI is InChI=1S/C17H25N5O3/c1-4-24-17(23)14-13-15(19-12(3)20-16(13)25-21-14)18-7-10-22-8-5-11(2)6-9-22/h11H,4-10H2,1-3H3,(H,18,19,20). The van der Waals surface area contributed by atoms with E-state index in [9.17, 15) is 4.79 Å². The molecular weight excluding hydrogens is 322 g/mol. The number of esters is 1. The van der Waals surface area contributed by atoms with Crippen molar-refractivity contribution in [1.82, 2.24) is 20.0 Å². The van der Waals surface area contributed by atoms with Crippen molar-refractivity contribution < 1.29 is 14.1 Å². The number of nitrogens with one attached hydrogen (secondary N) is 1. The van der Waals surface area contributed by atoms with Gasteiger partial charge in [-0.25, -0.2) is 9.78 Å². The lowest BCUT2D eigenvalue weighted by Gasteiger charge is -2.30. The van der Waals surface area contributed by atoms with E-state index >= 15 is 0 Å². The van der Waals surface area contributed by atoms with Crippen LogP contribution in [0.2, 0.25) is 0 Å². The molecule has 1 saturated heterocycles. The average molecular weight is 347 g/mol. The maximum Gasteiger partial charge on any atom is 0.361 e. The lowest BCUT2D eigenvalue weighted by Crippen LogP contribution is -2.36. The van der Waals surface area contributed by atoms with Crippen LogP contribution in [0.4, 0.5) is 5.82 Å². The van der Waals surface area contributed by atoms with Gasteiger partial charge in [-0.1, -0.05) is 12.1 Å². The normalized spacial score (nSPS) is 16.3. The summed E-state index contributed by atoms with van der Waals surface area (Å²) in [7, 11) is 0. The van der Waals surface area contributed by atoms with E-state index in [4.69, 9.17) is 9.26 Å². The van der Waals surface area contributed by atoms with E-state index in [0.29, 0.717) is 22.7 Å². The molecule has 1 N–H and O–H groups in total. The molecule has 1 aliphatic heterocycles. The Morgan fingerprint density at radius 2 is 2.12 bits per heavy atom. The maximum absolute atomic E-state index is 12.1. The van der Waals surface area contributed by atoms with Crippen LogP contribution in [-0.2, 0) is 4.74 Å². The lowest BCUT2D eigenvalue weighted by molar-refractivity contribution is 0.0517. The number of hydrogen-bond donors (Lipinski definition) is 1. The van der Waals surface area contributed by atoms with Gasteiger partial charge >= 0.3 is 5.97 Å². The van der Waals surface area contributed by atoms with Gasteiger partial charge in [0.25, 0.3) is 5.71 Å². The quantitative estimate of drug-likeness (QED) is 0.795.